The summed E-state index contributed by atoms with van der Waals surface area (Å²) in [6, 6.07) is 7.75. The van der Waals surface area contributed by atoms with Crippen molar-refractivity contribution in [1.82, 2.24) is 4.90 Å². The van der Waals surface area contributed by atoms with Crippen molar-refractivity contribution in [3.63, 3.8) is 0 Å². The second kappa shape index (κ2) is 7.17. The lowest BCUT2D eigenvalue weighted by atomic mass is 10.1. The molecule has 0 saturated heterocycles. The van der Waals surface area contributed by atoms with Gasteiger partial charge in [0, 0.05) is 19.2 Å². The molecule has 0 spiro atoms. The topological polar surface area (TPSA) is 46.3 Å². The summed E-state index contributed by atoms with van der Waals surface area (Å²) in [5, 5.41) is 0. The number of hydrogen-bond acceptors (Lipinski definition) is 2. The molecular weight excluding hydrogens is 224 g/mol. The van der Waals surface area contributed by atoms with Crippen molar-refractivity contribution >= 4 is 5.91 Å². The molecular formula is C15H24N2O. The summed E-state index contributed by atoms with van der Waals surface area (Å²) in [5.41, 5.74) is 7.41. The number of benzene rings is 1. The number of nitrogens with two attached hydrogens (primary N) is 1. The molecule has 2 N–H and O–H groups in total. The zero-order valence-electron chi connectivity index (χ0n) is 11.6. The second-order valence-corrected chi connectivity index (χ2v) is 5.15. The first-order valence-electron chi connectivity index (χ1n) is 6.59. The van der Waals surface area contributed by atoms with E-state index in [4.69, 9.17) is 5.73 Å². The second-order valence-electron chi connectivity index (χ2n) is 5.15. The van der Waals surface area contributed by atoms with E-state index in [0.29, 0.717) is 12.5 Å². The maximum atomic E-state index is 12.2. The number of rotatable bonds is 6. The van der Waals surface area contributed by atoms with Crippen LogP contribution in [0.3, 0.4) is 0 Å². The van der Waals surface area contributed by atoms with Gasteiger partial charge in [0.1, 0.15) is 0 Å². The third-order valence-corrected chi connectivity index (χ3v) is 3.00. The summed E-state index contributed by atoms with van der Waals surface area (Å²) in [5.74, 6) is 0.707. The quantitative estimate of drug-likeness (QED) is 0.839. The van der Waals surface area contributed by atoms with Crippen LogP contribution < -0.4 is 5.73 Å². The van der Waals surface area contributed by atoms with E-state index < -0.39 is 0 Å². The van der Waals surface area contributed by atoms with Gasteiger partial charge in [-0.05, 0) is 43.0 Å². The molecule has 1 aromatic rings. The van der Waals surface area contributed by atoms with Gasteiger partial charge in [-0.3, -0.25) is 4.79 Å². The molecule has 0 aliphatic rings. The molecule has 0 aliphatic heterocycles. The molecule has 1 amide bonds. The van der Waals surface area contributed by atoms with Crippen LogP contribution in [-0.2, 0) is 6.42 Å². The monoisotopic (exact) mass is 248 g/mol. The van der Waals surface area contributed by atoms with Crippen molar-refractivity contribution in [2.24, 2.45) is 11.7 Å². The van der Waals surface area contributed by atoms with Crippen molar-refractivity contribution in [1.29, 1.82) is 0 Å². The Hall–Kier alpha value is -1.35. The molecule has 1 aromatic carbocycles. The number of nitrogens with zero attached hydrogens (tertiary/aromatic N) is 1. The largest absolute Gasteiger partial charge is 0.342 e. The molecule has 0 saturated carbocycles. The van der Waals surface area contributed by atoms with Gasteiger partial charge in [-0.15, -0.1) is 0 Å². The minimum Gasteiger partial charge on any atom is -0.342 e. The molecule has 3 heteroatoms. The predicted molar refractivity (Wildman–Crippen MR) is 75.6 cm³/mol. The van der Waals surface area contributed by atoms with Crippen LogP contribution in [0.1, 0.15) is 36.2 Å². The summed E-state index contributed by atoms with van der Waals surface area (Å²) >= 11 is 0. The molecule has 0 unspecified atom stereocenters. The molecule has 0 heterocycles. The van der Waals surface area contributed by atoms with Gasteiger partial charge in [-0.1, -0.05) is 26.0 Å². The third-order valence-electron chi connectivity index (χ3n) is 3.00. The molecule has 0 atom stereocenters. The van der Waals surface area contributed by atoms with Crippen molar-refractivity contribution in [3.05, 3.63) is 35.4 Å². The Kier molecular flexibility index (Phi) is 5.86. The molecule has 0 aromatic heterocycles. The van der Waals surface area contributed by atoms with E-state index in [0.717, 1.165) is 30.5 Å². The average Bonchev–Trinajstić information content (AvgIpc) is 2.35. The molecule has 0 bridgehead atoms. The van der Waals surface area contributed by atoms with Gasteiger partial charge >= 0.3 is 0 Å². The van der Waals surface area contributed by atoms with E-state index in [1.165, 1.54) is 0 Å². The first kappa shape index (κ1) is 14.7. The Bertz CT molecular complexity index is 388. The van der Waals surface area contributed by atoms with Crippen molar-refractivity contribution in [3.8, 4) is 0 Å². The van der Waals surface area contributed by atoms with Crippen LogP contribution in [0.2, 0.25) is 0 Å². The van der Waals surface area contributed by atoms with E-state index in [1.807, 2.05) is 31.3 Å². The molecule has 18 heavy (non-hydrogen) atoms. The Balaban J connectivity index is 2.67. The summed E-state index contributed by atoms with van der Waals surface area (Å²) in [6.07, 6.45) is 1.85. The molecule has 3 nitrogen and oxygen atoms in total. The van der Waals surface area contributed by atoms with Crippen LogP contribution >= 0.6 is 0 Å². The van der Waals surface area contributed by atoms with Crippen LogP contribution in [0.15, 0.2) is 24.3 Å². The normalized spacial score (nSPS) is 10.7. The highest BCUT2D eigenvalue weighted by molar-refractivity contribution is 5.94. The SMILES string of the molecule is CC(C)CCN(C)C(=O)c1cccc(CCN)c1. The van der Waals surface area contributed by atoms with Crippen LogP contribution in [0.4, 0.5) is 0 Å². The summed E-state index contributed by atoms with van der Waals surface area (Å²) in [7, 11) is 1.86. The van der Waals surface area contributed by atoms with E-state index >= 15 is 0 Å². The fraction of sp³-hybridized carbons (Fsp3) is 0.533. The Morgan fingerprint density at radius 2 is 2.11 bits per heavy atom. The number of amides is 1. The standard InChI is InChI=1S/C15H24N2O/c1-12(2)8-10-17(3)15(18)14-6-4-5-13(11-14)7-9-16/h4-6,11-12H,7-10,16H2,1-3H3. The van der Waals surface area contributed by atoms with Gasteiger partial charge in [-0.2, -0.15) is 0 Å². The predicted octanol–water partition coefficient (Wildman–Crippen LogP) is 2.31. The van der Waals surface area contributed by atoms with Gasteiger partial charge < -0.3 is 10.6 Å². The summed E-state index contributed by atoms with van der Waals surface area (Å²) < 4.78 is 0. The average molecular weight is 248 g/mol. The van der Waals surface area contributed by atoms with Crippen LogP contribution in [0, 0.1) is 5.92 Å². The van der Waals surface area contributed by atoms with E-state index in [1.54, 1.807) is 4.90 Å². The van der Waals surface area contributed by atoms with E-state index in [-0.39, 0.29) is 5.91 Å². The van der Waals surface area contributed by atoms with Gasteiger partial charge in [0.15, 0.2) is 0 Å². The Morgan fingerprint density at radius 3 is 2.72 bits per heavy atom. The van der Waals surface area contributed by atoms with Crippen molar-refractivity contribution in [2.45, 2.75) is 26.7 Å². The number of hydrogen-bond donors (Lipinski definition) is 1. The highest BCUT2D eigenvalue weighted by Gasteiger charge is 2.12. The van der Waals surface area contributed by atoms with E-state index in [9.17, 15) is 4.79 Å². The Labute approximate surface area is 110 Å². The van der Waals surface area contributed by atoms with Crippen molar-refractivity contribution in [2.75, 3.05) is 20.1 Å². The fourth-order valence-corrected chi connectivity index (χ4v) is 1.80. The zero-order valence-corrected chi connectivity index (χ0v) is 11.6. The lowest BCUT2D eigenvalue weighted by Crippen LogP contribution is -2.28. The van der Waals surface area contributed by atoms with Gasteiger partial charge in [-0.25, -0.2) is 0 Å². The highest BCUT2D eigenvalue weighted by atomic mass is 16.2. The zero-order chi connectivity index (χ0) is 13.5. The minimum absolute atomic E-state index is 0.0921. The number of carbonyl (C=O) groups is 1. The summed E-state index contributed by atoms with van der Waals surface area (Å²) in [4.78, 5) is 14.0. The lowest BCUT2D eigenvalue weighted by Gasteiger charge is -2.18. The van der Waals surface area contributed by atoms with Crippen LogP contribution in [0.25, 0.3) is 0 Å². The molecule has 0 radical (unpaired) electrons. The number of carbonyl (C=O) groups excluding carboxylic acids is 1. The van der Waals surface area contributed by atoms with Gasteiger partial charge in [0.25, 0.3) is 5.91 Å². The maximum Gasteiger partial charge on any atom is 0.253 e. The first-order chi connectivity index (χ1) is 8.54. The molecule has 0 aliphatic carbocycles. The Morgan fingerprint density at radius 1 is 1.39 bits per heavy atom. The van der Waals surface area contributed by atoms with Crippen molar-refractivity contribution < 1.29 is 4.79 Å². The van der Waals surface area contributed by atoms with Crippen LogP contribution in [-0.4, -0.2) is 30.9 Å². The van der Waals surface area contributed by atoms with Crippen LogP contribution in [0.5, 0.6) is 0 Å². The fourth-order valence-electron chi connectivity index (χ4n) is 1.80. The maximum absolute atomic E-state index is 12.2. The highest BCUT2D eigenvalue weighted by Crippen LogP contribution is 2.09. The van der Waals surface area contributed by atoms with Gasteiger partial charge in [0.2, 0.25) is 0 Å². The third kappa shape index (κ3) is 4.49. The van der Waals surface area contributed by atoms with Gasteiger partial charge in [0.05, 0.1) is 0 Å². The minimum atomic E-state index is 0.0921. The smallest absolute Gasteiger partial charge is 0.253 e. The lowest BCUT2D eigenvalue weighted by molar-refractivity contribution is 0.0789. The first-order valence-corrected chi connectivity index (χ1v) is 6.59. The summed E-state index contributed by atoms with van der Waals surface area (Å²) in [6.45, 7) is 5.75. The molecule has 0 fully saturated rings. The van der Waals surface area contributed by atoms with E-state index in [2.05, 4.69) is 13.8 Å². The molecule has 1 rings (SSSR count). The molecule has 100 valence electrons.